The molecule has 11 heteroatoms. The summed E-state index contributed by atoms with van der Waals surface area (Å²) in [5.41, 5.74) is 3.43. The highest BCUT2D eigenvalue weighted by atomic mass is 79.9. The number of ketones is 1. The average Bonchev–Trinajstić information content (AvgIpc) is 3.48. The number of methoxy groups -OCH3 is 1. The second-order valence-electron chi connectivity index (χ2n) is 10.3. The number of rotatable bonds is 8. The number of nitrogens with one attached hydrogen (secondary N) is 1. The van der Waals surface area contributed by atoms with E-state index in [9.17, 15) is 14.4 Å². The van der Waals surface area contributed by atoms with Crippen LogP contribution in [0.4, 0.5) is 10.5 Å². The number of carbonyl (C=O) groups excluding carboxylic acids is 3. The van der Waals surface area contributed by atoms with Crippen molar-refractivity contribution in [1.29, 1.82) is 0 Å². The molecule has 1 fully saturated rings. The first-order valence-corrected chi connectivity index (χ1v) is 13.4. The molecular formula is C28H33BrN4O6. The summed E-state index contributed by atoms with van der Waals surface area (Å²) in [4.78, 5) is 42.1. The molecule has 0 saturated carbocycles. The van der Waals surface area contributed by atoms with Crippen LogP contribution in [0.5, 0.6) is 11.5 Å². The van der Waals surface area contributed by atoms with Gasteiger partial charge in [-0.25, -0.2) is 4.79 Å². The van der Waals surface area contributed by atoms with Gasteiger partial charge in [-0.2, -0.15) is 4.02 Å². The molecule has 1 N–H and O–H groups in total. The Kier molecular flexibility index (Phi) is 8.20. The summed E-state index contributed by atoms with van der Waals surface area (Å²) >= 11 is 3.21. The van der Waals surface area contributed by atoms with Crippen molar-refractivity contribution in [3.63, 3.8) is 0 Å². The molecule has 0 aliphatic carbocycles. The summed E-state index contributed by atoms with van der Waals surface area (Å²) in [7, 11) is 3.12. The van der Waals surface area contributed by atoms with Crippen molar-refractivity contribution < 1.29 is 28.6 Å². The van der Waals surface area contributed by atoms with Gasteiger partial charge in [0.25, 0.3) is 5.91 Å². The summed E-state index contributed by atoms with van der Waals surface area (Å²) < 4.78 is 20.9. The quantitative estimate of drug-likeness (QED) is 0.445. The smallest absolute Gasteiger partial charge is 0.414 e. The third-order valence-electron chi connectivity index (χ3n) is 6.75. The molecule has 0 spiro atoms. The molecular weight excluding hydrogens is 568 g/mol. The van der Waals surface area contributed by atoms with Crippen molar-refractivity contribution in [2.75, 3.05) is 45.4 Å². The zero-order valence-corrected chi connectivity index (χ0v) is 24.6. The van der Waals surface area contributed by atoms with Crippen LogP contribution < -0.4 is 19.7 Å². The highest BCUT2D eigenvalue weighted by Gasteiger charge is 2.34. The van der Waals surface area contributed by atoms with Crippen LogP contribution >= 0.6 is 16.1 Å². The molecule has 0 unspecified atom stereocenters. The standard InChI is InChI=1S/C28H33BrN4O6/c1-7-38-23-12-17-14-32(25(31-29)18(17)13-19(23)26(35)30-5)15-22(34)16-10-20(28(2,3)4)24(37-6)21(11-16)33-8-9-39-27(33)36/h10-13H,7-9,14-15H2,1-6H3,(H,30,35)/b31-25-. The van der Waals surface area contributed by atoms with E-state index in [1.165, 1.54) is 4.90 Å². The minimum absolute atomic E-state index is 0.0260. The Morgan fingerprint density at radius 3 is 2.51 bits per heavy atom. The van der Waals surface area contributed by atoms with Gasteiger partial charge in [-0.15, -0.1) is 0 Å². The van der Waals surface area contributed by atoms with Crippen LogP contribution in [0.1, 0.15) is 65.1 Å². The lowest BCUT2D eigenvalue weighted by Gasteiger charge is -2.27. The Labute approximate surface area is 236 Å². The van der Waals surface area contributed by atoms with Gasteiger partial charge in [-0.3, -0.25) is 14.5 Å². The first-order chi connectivity index (χ1) is 18.5. The number of cyclic esters (lactones) is 1. The van der Waals surface area contributed by atoms with E-state index in [4.69, 9.17) is 14.2 Å². The first-order valence-electron chi connectivity index (χ1n) is 12.7. The maximum Gasteiger partial charge on any atom is 0.414 e. The third kappa shape index (κ3) is 5.45. The molecule has 0 bridgehead atoms. The molecule has 0 radical (unpaired) electrons. The number of hydrogen-bond acceptors (Lipinski definition) is 7. The number of ether oxygens (including phenoxy) is 3. The Morgan fingerprint density at radius 2 is 1.95 bits per heavy atom. The van der Waals surface area contributed by atoms with Crippen molar-refractivity contribution in [3.05, 3.63) is 52.1 Å². The molecule has 2 aliphatic heterocycles. The fraction of sp³-hybridized carbons (Fsp3) is 0.429. The summed E-state index contributed by atoms with van der Waals surface area (Å²) in [5.74, 6) is 1.13. The van der Waals surface area contributed by atoms with Gasteiger partial charge in [0.15, 0.2) is 5.78 Å². The van der Waals surface area contributed by atoms with Crippen LogP contribution in [-0.4, -0.2) is 69.0 Å². The van der Waals surface area contributed by atoms with Crippen LogP contribution in [0.15, 0.2) is 28.3 Å². The summed E-state index contributed by atoms with van der Waals surface area (Å²) in [6, 6.07) is 7.09. The van der Waals surface area contributed by atoms with Gasteiger partial charge in [0.2, 0.25) is 0 Å². The van der Waals surface area contributed by atoms with E-state index in [0.29, 0.717) is 53.8 Å². The van der Waals surface area contributed by atoms with Crippen LogP contribution in [0, 0.1) is 0 Å². The zero-order chi connectivity index (χ0) is 28.5. The second-order valence-corrected chi connectivity index (χ2v) is 10.7. The zero-order valence-electron chi connectivity index (χ0n) is 23.0. The lowest BCUT2D eigenvalue weighted by atomic mass is 9.84. The van der Waals surface area contributed by atoms with Crippen LogP contribution in [0.3, 0.4) is 0 Å². The number of carbonyl (C=O) groups is 3. The maximum absolute atomic E-state index is 13.8. The molecule has 0 atom stereocenters. The number of anilines is 1. The Morgan fingerprint density at radius 1 is 1.21 bits per heavy atom. The van der Waals surface area contributed by atoms with Gasteiger partial charge in [-0.05, 0) is 42.2 Å². The molecule has 2 heterocycles. The SMILES string of the molecule is CCOc1cc2c(cc1C(=O)NC)/C(=N/Br)N(CC(=O)c1cc(N3CCOC3=O)c(OC)c(C(C)(C)C)c1)C2. The van der Waals surface area contributed by atoms with E-state index in [2.05, 4.69) is 25.5 Å². The third-order valence-corrected chi connectivity index (χ3v) is 7.08. The van der Waals surface area contributed by atoms with Crippen molar-refractivity contribution in [3.8, 4) is 11.5 Å². The normalized spacial score (nSPS) is 15.9. The monoisotopic (exact) mass is 600 g/mol. The van der Waals surface area contributed by atoms with Crippen molar-refractivity contribution in [1.82, 2.24) is 10.2 Å². The Bertz CT molecular complexity index is 1350. The summed E-state index contributed by atoms with van der Waals surface area (Å²) in [5, 5.41) is 2.64. The van der Waals surface area contributed by atoms with E-state index in [1.807, 2.05) is 44.7 Å². The molecule has 10 nitrogen and oxygen atoms in total. The van der Waals surface area contributed by atoms with Gasteiger partial charge >= 0.3 is 6.09 Å². The van der Waals surface area contributed by atoms with Gasteiger partial charge in [0.05, 0.1) is 54.2 Å². The lowest BCUT2D eigenvalue weighted by molar-refractivity contribution is 0.0953. The van der Waals surface area contributed by atoms with E-state index in [-0.39, 0.29) is 30.3 Å². The van der Waals surface area contributed by atoms with Gasteiger partial charge in [0.1, 0.15) is 23.9 Å². The second kappa shape index (κ2) is 11.3. The number of hydrogen-bond donors (Lipinski definition) is 1. The predicted molar refractivity (Wildman–Crippen MR) is 152 cm³/mol. The lowest BCUT2D eigenvalue weighted by Crippen LogP contribution is -2.31. The highest BCUT2D eigenvalue weighted by Crippen LogP contribution is 2.41. The summed E-state index contributed by atoms with van der Waals surface area (Å²) in [6.07, 6.45) is -0.474. The molecule has 2 aromatic carbocycles. The number of amides is 2. The number of nitrogens with zero attached hydrogens (tertiary/aromatic N) is 3. The van der Waals surface area contributed by atoms with Gasteiger partial charge in [0, 0.05) is 30.3 Å². The van der Waals surface area contributed by atoms with Gasteiger partial charge < -0.3 is 24.4 Å². The van der Waals surface area contributed by atoms with E-state index in [0.717, 1.165) is 16.7 Å². The molecule has 2 aliphatic rings. The Balaban J connectivity index is 1.71. The number of Topliss-reactive ketones (excluding diaryl/α,β-unsaturated/α-hetero) is 1. The molecule has 2 aromatic rings. The molecule has 208 valence electrons. The van der Waals surface area contributed by atoms with Crippen molar-refractivity contribution in [2.45, 2.75) is 39.7 Å². The minimum atomic E-state index is -0.474. The fourth-order valence-electron chi connectivity index (χ4n) is 4.85. The van der Waals surface area contributed by atoms with Crippen LogP contribution in [0.25, 0.3) is 0 Å². The number of halogens is 1. The van der Waals surface area contributed by atoms with E-state index < -0.39 is 6.09 Å². The maximum atomic E-state index is 13.8. The molecule has 0 aromatic heterocycles. The van der Waals surface area contributed by atoms with Crippen LogP contribution in [-0.2, 0) is 16.7 Å². The van der Waals surface area contributed by atoms with Crippen LogP contribution in [0.2, 0.25) is 0 Å². The average molecular weight is 601 g/mol. The molecule has 1 saturated heterocycles. The highest BCUT2D eigenvalue weighted by molar-refractivity contribution is 9.08. The van der Waals surface area contributed by atoms with Crippen molar-refractivity contribution >= 4 is 45.5 Å². The van der Waals surface area contributed by atoms with Crippen molar-refractivity contribution in [2.24, 2.45) is 4.02 Å². The number of amidine groups is 1. The van der Waals surface area contributed by atoms with E-state index in [1.54, 1.807) is 26.3 Å². The number of benzene rings is 2. The number of fused-ring (bicyclic) bond motifs is 1. The van der Waals surface area contributed by atoms with Gasteiger partial charge in [-0.1, -0.05) is 20.8 Å². The molecule has 4 rings (SSSR count). The fourth-order valence-corrected chi connectivity index (χ4v) is 5.27. The molecule has 2 amide bonds. The Hall–Kier alpha value is -3.60. The largest absolute Gasteiger partial charge is 0.494 e. The minimum Gasteiger partial charge on any atom is -0.494 e. The topological polar surface area (TPSA) is 110 Å². The predicted octanol–water partition coefficient (Wildman–Crippen LogP) is 4.46. The first kappa shape index (κ1) is 28.4. The molecule has 39 heavy (non-hydrogen) atoms. The van der Waals surface area contributed by atoms with E-state index >= 15 is 0 Å². The summed E-state index contributed by atoms with van der Waals surface area (Å²) in [6.45, 7) is 9.41.